The molecule has 1 aromatic heterocycles. The molecule has 0 aromatic carbocycles. The zero-order valence-corrected chi connectivity index (χ0v) is 11.3. The molecular formula is C11H18N2O3S. The van der Waals surface area contributed by atoms with Crippen LogP contribution in [0.5, 0.6) is 0 Å². The number of aliphatic hydroxyl groups excluding tert-OH is 1. The molecule has 5 nitrogen and oxygen atoms in total. The fourth-order valence-corrected chi connectivity index (χ4v) is 2.41. The second-order valence-corrected chi connectivity index (χ2v) is 5.15. The summed E-state index contributed by atoms with van der Waals surface area (Å²) in [7, 11) is 1.31. The topological polar surface area (TPSA) is 71.5 Å². The molecule has 0 saturated heterocycles. The number of nitrogens with zero attached hydrogens (tertiary/aromatic N) is 1. The highest BCUT2D eigenvalue weighted by Crippen LogP contribution is 2.17. The van der Waals surface area contributed by atoms with Gasteiger partial charge in [-0.15, -0.1) is 11.3 Å². The Kier molecular flexibility index (Phi) is 5.04. The molecule has 2 atom stereocenters. The molecule has 96 valence electrons. The minimum Gasteiger partial charge on any atom is -0.468 e. The number of aromatic nitrogens is 1. The molecule has 0 bridgehead atoms. The molecule has 1 rings (SSSR count). The first-order valence-corrected chi connectivity index (χ1v) is 6.19. The van der Waals surface area contributed by atoms with Crippen LogP contribution in [0.4, 0.5) is 0 Å². The third-order valence-corrected chi connectivity index (χ3v) is 3.49. The van der Waals surface area contributed by atoms with Gasteiger partial charge in [0.05, 0.1) is 23.9 Å². The minimum atomic E-state index is -0.795. The van der Waals surface area contributed by atoms with Crippen molar-refractivity contribution in [3.8, 4) is 0 Å². The van der Waals surface area contributed by atoms with Crippen molar-refractivity contribution in [1.29, 1.82) is 0 Å². The van der Waals surface area contributed by atoms with E-state index in [1.807, 2.05) is 13.8 Å². The van der Waals surface area contributed by atoms with Gasteiger partial charge in [0.2, 0.25) is 0 Å². The normalized spacial score (nSPS) is 14.4. The number of aryl methyl sites for hydroxylation is 2. The molecule has 0 aliphatic heterocycles. The lowest BCUT2D eigenvalue weighted by Crippen LogP contribution is -2.45. The van der Waals surface area contributed by atoms with Gasteiger partial charge in [-0.05, 0) is 20.8 Å². The first kappa shape index (κ1) is 14.1. The number of esters is 1. The Labute approximate surface area is 105 Å². The molecule has 0 unspecified atom stereocenters. The van der Waals surface area contributed by atoms with Crippen LogP contribution in [0.1, 0.15) is 22.5 Å². The monoisotopic (exact) mass is 258 g/mol. The maximum Gasteiger partial charge on any atom is 0.325 e. The zero-order valence-electron chi connectivity index (χ0n) is 10.5. The van der Waals surface area contributed by atoms with Crippen LogP contribution in [0, 0.1) is 13.8 Å². The van der Waals surface area contributed by atoms with Gasteiger partial charge in [-0.1, -0.05) is 0 Å². The van der Waals surface area contributed by atoms with E-state index in [0.29, 0.717) is 6.54 Å². The maximum atomic E-state index is 11.4. The number of hydrogen-bond donors (Lipinski definition) is 2. The van der Waals surface area contributed by atoms with Crippen LogP contribution < -0.4 is 5.32 Å². The van der Waals surface area contributed by atoms with Gasteiger partial charge in [-0.3, -0.25) is 10.1 Å². The van der Waals surface area contributed by atoms with Gasteiger partial charge < -0.3 is 9.84 Å². The first-order chi connectivity index (χ1) is 7.95. The van der Waals surface area contributed by atoms with Gasteiger partial charge in [0.15, 0.2) is 0 Å². The highest BCUT2D eigenvalue weighted by Gasteiger charge is 2.24. The van der Waals surface area contributed by atoms with E-state index in [2.05, 4.69) is 15.0 Å². The van der Waals surface area contributed by atoms with E-state index in [0.717, 1.165) is 15.6 Å². The van der Waals surface area contributed by atoms with Crippen LogP contribution in [0.3, 0.4) is 0 Å². The molecule has 0 aliphatic carbocycles. The molecule has 0 radical (unpaired) electrons. The van der Waals surface area contributed by atoms with Gasteiger partial charge in [-0.25, -0.2) is 4.98 Å². The van der Waals surface area contributed by atoms with Crippen molar-refractivity contribution < 1.29 is 14.6 Å². The second-order valence-electron chi connectivity index (χ2n) is 3.86. The fraction of sp³-hybridized carbons (Fsp3) is 0.636. The highest BCUT2D eigenvalue weighted by molar-refractivity contribution is 7.11. The van der Waals surface area contributed by atoms with Gasteiger partial charge >= 0.3 is 5.97 Å². The average molecular weight is 258 g/mol. The van der Waals surface area contributed by atoms with Crippen molar-refractivity contribution in [2.75, 3.05) is 7.11 Å². The number of ether oxygens (including phenoxy) is 1. The van der Waals surface area contributed by atoms with E-state index in [1.165, 1.54) is 7.11 Å². The summed E-state index contributed by atoms with van der Waals surface area (Å²) in [6.45, 7) is 5.92. The van der Waals surface area contributed by atoms with Crippen molar-refractivity contribution in [3.05, 3.63) is 15.6 Å². The van der Waals surface area contributed by atoms with E-state index < -0.39 is 18.1 Å². The maximum absolute atomic E-state index is 11.4. The number of rotatable bonds is 5. The molecule has 0 fully saturated rings. The van der Waals surface area contributed by atoms with Gasteiger partial charge in [-0.2, -0.15) is 0 Å². The SMILES string of the molecule is COC(=O)[C@@H](NCc1sc(C)nc1C)[C@H](C)O. The average Bonchev–Trinajstić information content (AvgIpc) is 2.57. The Morgan fingerprint density at radius 1 is 1.59 bits per heavy atom. The predicted molar refractivity (Wildman–Crippen MR) is 65.9 cm³/mol. The standard InChI is InChI=1S/C11H18N2O3S/c1-6-9(17-8(3)13-6)5-12-10(7(2)14)11(15)16-4/h7,10,12,14H,5H2,1-4H3/t7-,10-/m0/s1. The molecule has 1 heterocycles. The summed E-state index contributed by atoms with van der Waals surface area (Å²) in [6.07, 6.45) is -0.795. The smallest absolute Gasteiger partial charge is 0.325 e. The fourth-order valence-electron chi connectivity index (χ4n) is 1.52. The Morgan fingerprint density at radius 2 is 2.24 bits per heavy atom. The Balaban J connectivity index is 2.64. The molecule has 6 heteroatoms. The molecule has 0 spiro atoms. The lowest BCUT2D eigenvalue weighted by atomic mass is 10.2. The van der Waals surface area contributed by atoms with Crippen LogP contribution in [0.25, 0.3) is 0 Å². The Morgan fingerprint density at radius 3 is 2.65 bits per heavy atom. The van der Waals surface area contributed by atoms with E-state index in [-0.39, 0.29) is 0 Å². The van der Waals surface area contributed by atoms with Crippen LogP contribution in [0.2, 0.25) is 0 Å². The Hall–Kier alpha value is -0.980. The highest BCUT2D eigenvalue weighted by atomic mass is 32.1. The summed E-state index contributed by atoms with van der Waals surface area (Å²) in [4.78, 5) is 16.8. The third kappa shape index (κ3) is 3.76. The van der Waals surface area contributed by atoms with Crippen LogP contribution in [0.15, 0.2) is 0 Å². The number of nitrogens with one attached hydrogen (secondary N) is 1. The molecule has 1 aromatic rings. The van der Waals surface area contributed by atoms with E-state index in [4.69, 9.17) is 0 Å². The molecule has 0 amide bonds. The van der Waals surface area contributed by atoms with Gasteiger partial charge in [0, 0.05) is 11.4 Å². The number of carbonyl (C=O) groups excluding carboxylic acids is 1. The lowest BCUT2D eigenvalue weighted by molar-refractivity contribution is -0.145. The van der Waals surface area contributed by atoms with E-state index >= 15 is 0 Å². The number of aliphatic hydroxyl groups is 1. The predicted octanol–water partition coefficient (Wildman–Crippen LogP) is 0.772. The molecular weight excluding hydrogens is 240 g/mol. The summed E-state index contributed by atoms with van der Waals surface area (Å²) >= 11 is 1.58. The van der Waals surface area contributed by atoms with Crippen LogP contribution in [-0.2, 0) is 16.1 Å². The molecule has 0 aliphatic rings. The summed E-state index contributed by atoms with van der Waals surface area (Å²) in [6, 6.07) is -0.707. The Bertz CT molecular complexity index is 390. The molecule has 17 heavy (non-hydrogen) atoms. The van der Waals surface area contributed by atoms with Crippen molar-refractivity contribution >= 4 is 17.3 Å². The van der Waals surface area contributed by atoms with E-state index in [1.54, 1.807) is 18.3 Å². The summed E-state index contributed by atoms with van der Waals surface area (Å²) in [5.41, 5.74) is 0.953. The third-order valence-electron chi connectivity index (χ3n) is 2.42. The minimum absolute atomic E-state index is 0.459. The van der Waals surface area contributed by atoms with Gasteiger partial charge in [0.25, 0.3) is 0 Å². The van der Waals surface area contributed by atoms with Gasteiger partial charge in [0.1, 0.15) is 6.04 Å². The largest absolute Gasteiger partial charge is 0.468 e. The quantitative estimate of drug-likeness (QED) is 0.763. The summed E-state index contributed by atoms with van der Waals surface area (Å²) < 4.78 is 4.62. The molecule has 0 saturated carbocycles. The number of hydrogen-bond acceptors (Lipinski definition) is 6. The lowest BCUT2D eigenvalue weighted by Gasteiger charge is -2.18. The van der Waals surface area contributed by atoms with Crippen LogP contribution >= 0.6 is 11.3 Å². The van der Waals surface area contributed by atoms with Crippen molar-refractivity contribution in [3.63, 3.8) is 0 Å². The van der Waals surface area contributed by atoms with Crippen molar-refractivity contribution in [2.24, 2.45) is 0 Å². The second kappa shape index (κ2) is 6.09. The number of methoxy groups -OCH3 is 1. The number of thiazole rings is 1. The first-order valence-electron chi connectivity index (χ1n) is 5.38. The summed E-state index contributed by atoms with van der Waals surface area (Å²) in [5.74, 6) is -0.459. The van der Waals surface area contributed by atoms with Crippen LogP contribution in [-0.4, -0.2) is 35.3 Å². The summed E-state index contributed by atoms with van der Waals surface area (Å²) in [5, 5.41) is 13.5. The van der Waals surface area contributed by atoms with E-state index in [9.17, 15) is 9.90 Å². The number of carbonyl (C=O) groups is 1. The van der Waals surface area contributed by atoms with Crippen molar-refractivity contribution in [2.45, 2.75) is 39.5 Å². The van der Waals surface area contributed by atoms with Crippen molar-refractivity contribution in [1.82, 2.24) is 10.3 Å². The molecule has 2 N–H and O–H groups in total. The zero-order chi connectivity index (χ0) is 13.0.